The molecule has 0 atom stereocenters. The van der Waals surface area contributed by atoms with E-state index in [1.807, 2.05) is 0 Å². The van der Waals surface area contributed by atoms with E-state index in [0.29, 0.717) is 5.56 Å². The predicted octanol–water partition coefficient (Wildman–Crippen LogP) is 2.84. The maximum absolute atomic E-state index is 10.5. The van der Waals surface area contributed by atoms with Crippen molar-refractivity contribution >= 4 is 21.9 Å². The SMILES string of the molecule is C=C(Br)Cc1ccc(C(=O)O)cc1. The Labute approximate surface area is 85.0 Å². The van der Waals surface area contributed by atoms with Crippen LogP contribution in [0.3, 0.4) is 0 Å². The lowest BCUT2D eigenvalue weighted by molar-refractivity contribution is 0.0697. The molecular weight excluding hydrogens is 232 g/mol. The van der Waals surface area contributed by atoms with Crippen LogP contribution in [-0.2, 0) is 6.42 Å². The summed E-state index contributed by atoms with van der Waals surface area (Å²) in [5.74, 6) is -0.899. The minimum atomic E-state index is -0.899. The quantitative estimate of drug-likeness (QED) is 0.883. The second-order valence-electron chi connectivity index (χ2n) is 2.70. The van der Waals surface area contributed by atoms with Gasteiger partial charge in [0, 0.05) is 6.42 Å². The van der Waals surface area contributed by atoms with Gasteiger partial charge >= 0.3 is 5.97 Å². The van der Waals surface area contributed by atoms with E-state index in [4.69, 9.17) is 5.11 Å². The zero-order valence-corrected chi connectivity index (χ0v) is 8.54. The van der Waals surface area contributed by atoms with Crippen LogP contribution in [0, 0.1) is 0 Å². The van der Waals surface area contributed by atoms with Crippen molar-refractivity contribution in [2.24, 2.45) is 0 Å². The fourth-order valence-corrected chi connectivity index (χ4v) is 1.31. The Hall–Kier alpha value is -1.09. The van der Waals surface area contributed by atoms with Gasteiger partial charge in [0.1, 0.15) is 0 Å². The molecule has 0 aliphatic carbocycles. The molecule has 0 spiro atoms. The molecule has 0 saturated heterocycles. The van der Waals surface area contributed by atoms with Gasteiger partial charge in [0.05, 0.1) is 5.56 Å². The molecule has 0 bridgehead atoms. The average molecular weight is 241 g/mol. The van der Waals surface area contributed by atoms with Crippen LogP contribution < -0.4 is 0 Å². The van der Waals surface area contributed by atoms with Gasteiger partial charge in [-0.15, -0.1) is 0 Å². The van der Waals surface area contributed by atoms with Gasteiger partial charge in [-0.25, -0.2) is 4.79 Å². The monoisotopic (exact) mass is 240 g/mol. The van der Waals surface area contributed by atoms with Crippen molar-refractivity contribution in [2.75, 3.05) is 0 Å². The molecule has 0 heterocycles. The summed E-state index contributed by atoms with van der Waals surface area (Å²) in [5.41, 5.74) is 1.36. The van der Waals surface area contributed by atoms with E-state index in [1.165, 1.54) is 0 Å². The molecule has 1 rings (SSSR count). The highest BCUT2D eigenvalue weighted by atomic mass is 79.9. The summed E-state index contributed by atoms with van der Waals surface area (Å²) < 4.78 is 0.885. The minimum absolute atomic E-state index is 0.309. The molecule has 0 radical (unpaired) electrons. The van der Waals surface area contributed by atoms with E-state index in [-0.39, 0.29) is 0 Å². The first kappa shape index (κ1) is 9.99. The first-order chi connectivity index (χ1) is 6.09. The van der Waals surface area contributed by atoms with E-state index in [1.54, 1.807) is 24.3 Å². The van der Waals surface area contributed by atoms with E-state index in [2.05, 4.69) is 22.5 Å². The summed E-state index contributed by atoms with van der Waals surface area (Å²) in [7, 11) is 0. The fourth-order valence-electron chi connectivity index (χ4n) is 0.987. The second kappa shape index (κ2) is 4.23. The number of benzene rings is 1. The van der Waals surface area contributed by atoms with Crippen molar-refractivity contribution in [3.63, 3.8) is 0 Å². The molecular formula is C10H9BrO2. The summed E-state index contributed by atoms with van der Waals surface area (Å²) in [6, 6.07) is 6.76. The van der Waals surface area contributed by atoms with Crippen LogP contribution in [0.4, 0.5) is 0 Å². The van der Waals surface area contributed by atoms with Gasteiger partial charge in [-0.3, -0.25) is 0 Å². The van der Waals surface area contributed by atoms with Crippen LogP contribution in [0.5, 0.6) is 0 Å². The average Bonchev–Trinajstić information content (AvgIpc) is 2.04. The van der Waals surface area contributed by atoms with Crippen molar-refractivity contribution in [1.29, 1.82) is 0 Å². The van der Waals surface area contributed by atoms with Crippen LogP contribution in [0.15, 0.2) is 35.3 Å². The van der Waals surface area contributed by atoms with Gasteiger partial charge in [0.15, 0.2) is 0 Å². The number of rotatable bonds is 3. The third-order valence-electron chi connectivity index (χ3n) is 1.60. The molecule has 0 fully saturated rings. The lowest BCUT2D eigenvalue weighted by atomic mass is 10.1. The Kier molecular flexibility index (Phi) is 3.25. The maximum Gasteiger partial charge on any atom is 0.335 e. The second-order valence-corrected chi connectivity index (χ2v) is 3.82. The molecule has 3 heteroatoms. The summed E-state index contributed by atoms with van der Waals surface area (Å²) in [4.78, 5) is 10.5. The normalized spacial score (nSPS) is 9.62. The lowest BCUT2D eigenvalue weighted by Gasteiger charge is -1.99. The van der Waals surface area contributed by atoms with Crippen molar-refractivity contribution < 1.29 is 9.90 Å². The van der Waals surface area contributed by atoms with Crippen LogP contribution in [0.1, 0.15) is 15.9 Å². The fraction of sp³-hybridized carbons (Fsp3) is 0.100. The third kappa shape index (κ3) is 3.03. The molecule has 0 amide bonds. The largest absolute Gasteiger partial charge is 0.478 e. The maximum atomic E-state index is 10.5. The molecule has 1 N–H and O–H groups in total. The summed E-state index contributed by atoms with van der Waals surface area (Å²) in [6.07, 6.45) is 0.722. The Morgan fingerprint density at radius 1 is 1.38 bits per heavy atom. The van der Waals surface area contributed by atoms with Crippen LogP contribution in [0.2, 0.25) is 0 Å². The van der Waals surface area contributed by atoms with Gasteiger partial charge in [0.2, 0.25) is 0 Å². The lowest BCUT2D eigenvalue weighted by Crippen LogP contribution is -1.95. The van der Waals surface area contributed by atoms with Gasteiger partial charge in [-0.1, -0.05) is 34.6 Å². The molecule has 0 saturated carbocycles. The first-order valence-electron chi connectivity index (χ1n) is 3.75. The van der Waals surface area contributed by atoms with Crippen molar-refractivity contribution in [1.82, 2.24) is 0 Å². The number of halogens is 1. The van der Waals surface area contributed by atoms with Crippen LogP contribution in [-0.4, -0.2) is 11.1 Å². The van der Waals surface area contributed by atoms with Crippen molar-refractivity contribution in [3.8, 4) is 0 Å². The Morgan fingerprint density at radius 3 is 2.31 bits per heavy atom. The summed E-state index contributed by atoms with van der Waals surface area (Å²) in [5, 5.41) is 8.63. The van der Waals surface area contributed by atoms with E-state index in [0.717, 1.165) is 16.5 Å². The Balaban J connectivity index is 2.81. The minimum Gasteiger partial charge on any atom is -0.478 e. The van der Waals surface area contributed by atoms with Crippen molar-refractivity contribution in [3.05, 3.63) is 46.5 Å². The topological polar surface area (TPSA) is 37.3 Å². The standard InChI is InChI=1S/C10H9BrO2/c1-7(11)6-8-2-4-9(5-3-8)10(12)13/h2-5H,1,6H2,(H,12,13). The smallest absolute Gasteiger partial charge is 0.335 e. The first-order valence-corrected chi connectivity index (χ1v) is 4.54. The predicted molar refractivity (Wildman–Crippen MR) is 55.2 cm³/mol. The molecule has 0 aromatic heterocycles. The number of allylic oxidation sites excluding steroid dienone is 1. The number of carbonyl (C=O) groups is 1. The number of carboxylic acid groups (broad SMARTS) is 1. The van der Waals surface area contributed by atoms with Gasteiger partial charge in [-0.05, 0) is 22.2 Å². The Morgan fingerprint density at radius 2 is 1.92 bits per heavy atom. The summed E-state index contributed by atoms with van der Waals surface area (Å²) in [6.45, 7) is 3.71. The van der Waals surface area contributed by atoms with E-state index < -0.39 is 5.97 Å². The van der Waals surface area contributed by atoms with Crippen LogP contribution in [0.25, 0.3) is 0 Å². The molecule has 1 aromatic carbocycles. The summed E-state index contributed by atoms with van der Waals surface area (Å²) >= 11 is 3.25. The van der Waals surface area contributed by atoms with Gasteiger partial charge in [-0.2, -0.15) is 0 Å². The van der Waals surface area contributed by atoms with Crippen LogP contribution >= 0.6 is 15.9 Å². The Bertz CT molecular complexity index is 327. The zero-order valence-electron chi connectivity index (χ0n) is 6.96. The van der Waals surface area contributed by atoms with Crippen molar-refractivity contribution in [2.45, 2.75) is 6.42 Å². The highest BCUT2D eigenvalue weighted by molar-refractivity contribution is 9.11. The number of hydrogen-bond acceptors (Lipinski definition) is 1. The number of carboxylic acids is 1. The number of aromatic carboxylic acids is 1. The molecule has 1 aromatic rings. The molecule has 68 valence electrons. The highest BCUT2D eigenvalue weighted by Gasteiger charge is 2.01. The molecule has 0 aliphatic rings. The number of hydrogen-bond donors (Lipinski definition) is 1. The highest BCUT2D eigenvalue weighted by Crippen LogP contribution is 2.12. The van der Waals surface area contributed by atoms with Gasteiger partial charge < -0.3 is 5.11 Å². The molecule has 0 aliphatic heterocycles. The molecule has 0 unspecified atom stereocenters. The van der Waals surface area contributed by atoms with E-state index >= 15 is 0 Å². The third-order valence-corrected chi connectivity index (χ3v) is 1.88. The van der Waals surface area contributed by atoms with Gasteiger partial charge in [0.25, 0.3) is 0 Å². The molecule has 2 nitrogen and oxygen atoms in total. The van der Waals surface area contributed by atoms with E-state index in [9.17, 15) is 4.79 Å². The zero-order chi connectivity index (χ0) is 9.84. The molecule has 13 heavy (non-hydrogen) atoms.